The quantitative estimate of drug-likeness (QED) is 0.546. The van der Waals surface area contributed by atoms with Gasteiger partial charge in [0.2, 0.25) is 5.91 Å². The second-order valence-corrected chi connectivity index (χ2v) is 4.34. The standard InChI is InChI=1S/C10H22N4O/c1-10(2,9(15)13-4-3-11)14-7-5-12-6-8-14/h12H,3-8,11H2,1-2H3,(H,13,15). The summed E-state index contributed by atoms with van der Waals surface area (Å²) in [6, 6.07) is 0. The van der Waals surface area contributed by atoms with Crippen molar-refractivity contribution in [3.8, 4) is 0 Å². The van der Waals surface area contributed by atoms with Crippen molar-refractivity contribution in [3.05, 3.63) is 0 Å². The third-order valence-corrected chi connectivity index (χ3v) is 2.89. The van der Waals surface area contributed by atoms with Gasteiger partial charge in [-0.1, -0.05) is 0 Å². The van der Waals surface area contributed by atoms with E-state index in [0.29, 0.717) is 13.1 Å². The van der Waals surface area contributed by atoms with Gasteiger partial charge in [0.1, 0.15) is 0 Å². The van der Waals surface area contributed by atoms with Crippen molar-refractivity contribution in [3.63, 3.8) is 0 Å². The molecule has 0 bridgehead atoms. The summed E-state index contributed by atoms with van der Waals surface area (Å²) in [7, 11) is 0. The number of piperazine rings is 1. The fourth-order valence-corrected chi connectivity index (χ4v) is 1.77. The lowest BCUT2D eigenvalue weighted by Crippen LogP contribution is -2.60. The molecule has 5 nitrogen and oxygen atoms in total. The Bertz CT molecular complexity index is 211. The first-order chi connectivity index (χ1) is 7.09. The molecule has 1 fully saturated rings. The Kier molecular flexibility index (Phi) is 4.50. The molecule has 0 aromatic carbocycles. The van der Waals surface area contributed by atoms with Gasteiger partial charge < -0.3 is 16.4 Å². The summed E-state index contributed by atoms with van der Waals surface area (Å²) in [5.41, 5.74) is 4.93. The first-order valence-corrected chi connectivity index (χ1v) is 5.53. The molecule has 1 aliphatic rings. The molecule has 0 aromatic heterocycles. The highest BCUT2D eigenvalue weighted by atomic mass is 16.2. The van der Waals surface area contributed by atoms with Crippen LogP contribution in [-0.2, 0) is 4.79 Å². The van der Waals surface area contributed by atoms with Gasteiger partial charge in [0.15, 0.2) is 0 Å². The maximum absolute atomic E-state index is 11.9. The number of hydrogen-bond donors (Lipinski definition) is 3. The van der Waals surface area contributed by atoms with E-state index in [4.69, 9.17) is 5.73 Å². The van der Waals surface area contributed by atoms with E-state index in [9.17, 15) is 4.79 Å². The maximum Gasteiger partial charge on any atom is 0.239 e. The Morgan fingerprint density at radius 1 is 1.47 bits per heavy atom. The van der Waals surface area contributed by atoms with Crippen LogP contribution in [0.15, 0.2) is 0 Å². The van der Waals surface area contributed by atoms with Gasteiger partial charge in [-0.2, -0.15) is 0 Å². The molecule has 5 heteroatoms. The average Bonchev–Trinajstić information content (AvgIpc) is 2.27. The van der Waals surface area contributed by atoms with Gasteiger partial charge in [0, 0.05) is 39.3 Å². The van der Waals surface area contributed by atoms with Crippen LogP contribution in [0, 0.1) is 0 Å². The van der Waals surface area contributed by atoms with E-state index in [1.807, 2.05) is 13.8 Å². The molecular weight excluding hydrogens is 192 g/mol. The van der Waals surface area contributed by atoms with E-state index in [2.05, 4.69) is 15.5 Å². The molecular formula is C10H22N4O. The molecule has 1 amide bonds. The second kappa shape index (κ2) is 5.44. The van der Waals surface area contributed by atoms with Crippen LogP contribution < -0.4 is 16.4 Å². The van der Waals surface area contributed by atoms with Crippen molar-refractivity contribution in [1.82, 2.24) is 15.5 Å². The summed E-state index contributed by atoms with van der Waals surface area (Å²) < 4.78 is 0. The minimum atomic E-state index is -0.433. The van der Waals surface area contributed by atoms with E-state index in [1.54, 1.807) is 0 Å². The predicted octanol–water partition coefficient (Wildman–Crippen LogP) is -1.25. The lowest BCUT2D eigenvalue weighted by molar-refractivity contribution is -0.132. The minimum absolute atomic E-state index is 0.0647. The molecule has 1 rings (SSSR count). The highest BCUT2D eigenvalue weighted by Crippen LogP contribution is 2.14. The normalized spacial score (nSPS) is 18.9. The Hall–Kier alpha value is -0.650. The van der Waals surface area contributed by atoms with E-state index < -0.39 is 5.54 Å². The molecule has 1 heterocycles. The van der Waals surface area contributed by atoms with Crippen LogP contribution in [0.2, 0.25) is 0 Å². The van der Waals surface area contributed by atoms with E-state index in [-0.39, 0.29) is 5.91 Å². The second-order valence-electron chi connectivity index (χ2n) is 4.34. The number of hydrogen-bond acceptors (Lipinski definition) is 4. The average molecular weight is 214 g/mol. The van der Waals surface area contributed by atoms with Crippen LogP contribution in [0.3, 0.4) is 0 Å². The Morgan fingerprint density at radius 3 is 2.60 bits per heavy atom. The van der Waals surface area contributed by atoms with Gasteiger partial charge in [0.25, 0.3) is 0 Å². The number of carbonyl (C=O) groups excluding carboxylic acids is 1. The van der Waals surface area contributed by atoms with Crippen LogP contribution in [-0.4, -0.2) is 55.6 Å². The highest BCUT2D eigenvalue weighted by Gasteiger charge is 2.34. The fourth-order valence-electron chi connectivity index (χ4n) is 1.77. The van der Waals surface area contributed by atoms with Crippen molar-refractivity contribution in [1.29, 1.82) is 0 Å². The van der Waals surface area contributed by atoms with Crippen molar-refractivity contribution >= 4 is 5.91 Å². The van der Waals surface area contributed by atoms with Gasteiger partial charge in [-0.15, -0.1) is 0 Å². The number of amides is 1. The minimum Gasteiger partial charge on any atom is -0.353 e. The molecule has 0 radical (unpaired) electrons. The molecule has 0 atom stereocenters. The zero-order chi connectivity index (χ0) is 11.3. The van der Waals surface area contributed by atoms with E-state index in [0.717, 1.165) is 26.2 Å². The molecule has 1 aliphatic heterocycles. The van der Waals surface area contributed by atoms with Crippen molar-refractivity contribution in [2.24, 2.45) is 5.73 Å². The Morgan fingerprint density at radius 2 is 2.07 bits per heavy atom. The molecule has 0 spiro atoms. The summed E-state index contributed by atoms with van der Waals surface area (Å²) >= 11 is 0. The van der Waals surface area contributed by atoms with Gasteiger partial charge in [-0.25, -0.2) is 0 Å². The molecule has 0 unspecified atom stereocenters. The molecule has 15 heavy (non-hydrogen) atoms. The fraction of sp³-hybridized carbons (Fsp3) is 0.900. The molecule has 0 aromatic rings. The number of carbonyl (C=O) groups is 1. The number of nitrogens with two attached hydrogens (primary N) is 1. The topological polar surface area (TPSA) is 70.4 Å². The molecule has 4 N–H and O–H groups in total. The van der Waals surface area contributed by atoms with Crippen LogP contribution >= 0.6 is 0 Å². The van der Waals surface area contributed by atoms with Crippen molar-refractivity contribution in [2.45, 2.75) is 19.4 Å². The zero-order valence-corrected chi connectivity index (χ0v) is 9.68. The first-order valence-electron chi connectivity index (χ1n) is 5.53. The number of nitrogens with zero attached hydrogens (tertiary/aromatic N) is 1. The molecule has 1 saturated heterocycles. The number of nitrogens with one attached hydrogen (secondary N) is 2. The largest absolute Gasteiger partial charge is 0.353 e. The van der Waals surface area contributed by atoms with Gasteiger partial charge in [-0.05, 0) is 13.8 Å². The SMILES string of the molecule is CC(C)(C(=O)NCCN)N1CCNCC1. The summed E-state index contributed by atoms with van der Waals surface area (Å²) in [4.78, 5) is 14.1. The lowest BCUT2D eigenvalue weighted by Gasteiger charge is -2.39. The molecule has 88 valence electrons. The summed E-state index contributed by atoms with van der Waals surface area (Å²) in [6.45, 7) is 8.71. The lowest BCUT2D eigenvalue weighted by atomic mass is 10.0. The smallest absolute Gasteiger partial charge is 0.239 e. The molecule has 0 aliphatic carbocycles. The van der Waals surface area contributed by atoms with E-state index >= 15 is 0 Å². The third kappa shape index (κ3) is 3.15. The van der Waals surface area contributed by atoms with Gasteiger partial charge >= 0.3 is 0 Å². The summed E-state index contributed by atoms with van der Waals surface area (Å²) in [5.74, 6) is 0.0647. The van der Waals surface area contributed by atoms with E-state index in [1.165, 1.54) is 0 Å². The zero-order valence-electron chi connectivity index (χ0n) is 9.68. The Balaban J connectivity index is 2.51. The summed E-state index contributed by atoms with van der Waals surface area (Å²) in [6.07, 6.45) is 0. The van der Waals surface area contributed by atoms with Crippen molar-refractivity contribution < 1.29 is 4.79 Å². The maximum atomic E-state index is 11.9. The monoisotopic (exact) mass is 214 g/mol. The van der Waals surface area contributed by atoms with Crippen LogP contribution in [0.5, 0.6) is 0 Å². The van der Waals surface area contributed by atoms with Crippen molar-refractivity contribution in [2.75, 3.05) is 39.3 Å². The Labute approximate surface area is 91.4 Å². The van der Waals surface area contributed by atoms with Crippen LogP contribution in [0.25, 0.3) is 0 Å². The van der Waals surface area contributed by atoms with Gasteiger partial charge in [0.05, 0.1) is 5.54 Å². The van der Waals surface area contributed by atoms with Crippen LogP contribution in [0.1, 0.15) is 13.8 Å². The highest BCUT2D eigenvalue weighted by molar-refractivity contribution is 5.85. The molecule has 0 saturated carbocycles. The van der Waals surface area contributed by atoms with Gasteiger partial charge in [-0.3, -0.25) is 9.69 Å². The first kappa shape index (κ1) is 12.4. The summed E-state index contributed by atoms with van der Waals surface area (Å²) in [5, 5.41) is 6.12. The number of rotatable bonds is 4. The predicted molar refractivity (Wildman–Crippen MR) is 60.6 cm³/mol. The third-order valence-electron chi connectivity index (χ3n) is 2.89. The van der Waals surface area contributed by atoms with Crippen LogP contribution in [0.4, 0.5) is 0 Å².